The number of fused-ring (bicyclic) bond motifs is 1. The predicted octanol–water partition coefficient (Wildman–Crippen LogP) is 2.11. The van der Waals surface area contributed by atoms with Crippen LogP contribution < -0.4 is 24.3 Å². The number of Topliss-reactive ketones (excluding diaryl/α,β-unsaturated/α-hetero) is 1. The van der Waals surface area contributed by atoms with Crippen molar-refractivity contribution in [1.29, 1.82) is 0 Å². The number of methoxy groups -OCH3 is 3. The van der Waals surface area contributed by atoms with Crippen LogP contribution in [-0.4, -0.2) is 88.0 Å². The van der Waals surface area contributed by atoms with E-state index in [-0.39, 0.29) is 23.9 Å². The Bertz CT molecular complexity index is 1270. The number of nitrogens with one attached hydrogen (secondary N) is 1. The highest BCUT2D eigenvalue weighted by molar-refractivity contribution is 5.94. The number of amides is 1. The van der Waals surface area contributed by atoms with Gasteiger partial charge in [0, 0.05) is 18.1 Å². The van der Waals surface area contributed by atoms with Crippen LogP contribution in [0.1, 0.15) is 36.1 Å². The average molecular weight is 576 g/mol. The Hall–Kier alpha value is -3.91. The highest BCUT2D eigenvalue weighted by Gasteiger charge is 2.52. The minimum Gasteiger partial charge on any atom is -0.493 e. The van der Waals surface area contributed by atoms with Gasteiger partial charge in [0.1, 0.15) is 31.0 Å². The lowest BCUT2D eigenvalue weighted by Gasteiger charge is -2.49. The Balaban J connectivity index is 1.65. The van der Waals surface area contributed by atoms with Gasteiger partial charge in [-0.3, -0.25) is 9.59 Å². The minimum absolute atomic E-state index is 0.0314. The summed E-state index contributed by atoms with van der Waals surface area (Å²) in [5.41, 5.74) is 1.03. The number of carboxylic acids is 1. The number of ether oxygens (including phenoxy) is 8. The number of hydrogen-bond donors (Lipinski definition) is 2. The zero-order valence-electron chi connectivity index (χ0n) is 23.3. The molecule has 0 aromatic heterocycles. The highest BCUT2D eigenvalue weighted by Crippen LogP contribution is 2.39. The molecule has 41 heavy (non-hydrogen) atoms. The van der Waals surface area contributed by atoms with Crippen molar-refractivity contribution < 1.29 is 57.4 Å². The van der Waals surface area contributed by atoms with Crippen LogP contribution in [0.25, 0.3) is 0 Å². The molecule has 2 aromatic rings. The quantitative estimate of drug-likeness (QED) is 0.377. The van der Waals surface area contributed by atoms with Gasteiger partial charge >= 0.3 is 5.97 Å². The molecule has 222 valence electrons. The maximum atomic E-state index is 12.3. The Labute approximate surface area is 236 Å². The van der Waals surface area contributed by atoms with Crippen molar-refractivity contribution in [2.45, 2.75) is 50.8 Å². The van der Waals surface area contributed by atoms with E-state index in [0.717, 1.165) is 0 Å². The van der Waals surface area contributed by atoms with Gasteiger partial charge in [-0.1, -0.05) is 6.07 Å². The van der Waals surface area contributed by atoms with E-state index in [1.165, 1.54) is 41.2 Å². The standard InChI is InChI=1S/C28H33NO12/c1-14(30)16-6-9-19(21(10-16)36-5)39-28-24(29-15(2)31)26(37-13-23(32)33)25-22(40-28)12-38-27(41-25)17-7-8-18(34-3)20(11-17)35-4/h6-11,22,24-28H,12-13H2,1-5H3,(H,29,31)(H,32,33). The van der Waals surface area contributed by atoms with Crippen molar-refractivity contribution in [3.63, 3.8) is 0 Å². The molecule has 4 rings (SSSR count). The summed E-state index contributed by atoms with van der Waals surface area (Å²) in [4.78, 5) is 35.6. The van der Waals surface area contributed by atoms with E-state index in [9.17, 15) is 19.5 Å². The third-order valence-corrected chi connectivity index (χ3v) is 6.60. The summed E-state index contributed by atoms with van der Waals surface area (Å²) < 4.78 is 46.5. The number of aliphatic carboxylic acids is 1. The lowest BCUT2D eigenvalue weighted by atomic mass is 9.95. The first-order valence-corrected chi connectivity index (χ1v) is 12.8. The molecule has 2 aliphatic heterocycles. The molecule has 13 nitrogen and oxygen atoms in total. The second-order valence-electron chi connectivity index (χ2n) is 9.36. The zero-order chi connectivity index (χ0) is 29.7. The minimum atomic E-state index is -1.21. The van der Waals surface area contributed by atoms with E-state index < -0.39 is 55.4 Å². The average Bonchev–Trinajstić information content (AvgIpc) is 2.95. The summed E-state index contributed by atoms with van der Waals surface area (Å²) in [6, 6.07) is 8.79. The van der Waals surface area contributed by atoms with E-state index in [0.29, 0.717) is 22.6 Å². The van der Waals surface area contributed by atoms with Crippen LogP contribution in [-0.2, 0) is 28.5 Å². The van der Waals surface area contributed by atoms with Crippen LogP contribution in [0.4, 0.5) is 0 Å². The first-order chi connectivity index (χ1) is 19.6. The summed E-state index contributed by atoms with van der Waals surface area (Å²) in [5.74, 6) is -0.329. The van der Waals surface area contributed by atoms with Crippen LogP contribution in [0, 0.1) is 0 Å². The van der Waals surface area contributed by atoms with E-state index in [2.05, 4.69) is 5.32 Å². The molecule has 2 saturated heterocycles. The number of ketones is 1. The molecule has 1 amide bonds. The molecule has 6 atom stereocenters. The molecule has 0 spiro atoms. The molecule has 0 aliphatic carbocycles. The maximum absolute atomic E-state index is 12.3. The van der Waals surface area contributed by atoms with Crippen molar-refractivity contribution in [2.24, 2.45) is 0 Å². The Morgan fingerprint density at radius 2 is 1.61 bits per heavy atom. The molecule has 13 heteroatoms. The van der Waals surface area contributed by atoms with Gasteiger partial charge in [-0.05, 0) is 37.3 Å². The number of hydrogen-bond acceptors (Lipinski definition) is 11. The Kier molecular flexibility index (Phi) is 9.65. The first kappa shape index (κ1) is 30.1. The molecule has 2 aliphatic rings. The fourth-order valence-corrected chi connectivity index (χ4v) is 4.70. The normalized spacial score (nSPS) is 25.4. The number of carboxylic acid groups (broad SMARTS) is 1. The van der Waals surface area contributed by atoms with Crippen molar-refractivity contribution >= 4 is 17.7 Å². The van der Waals surface area contributed by atoms with Gasteiger partial charge in [-0.2, -0.15) is 0 Å². The van der Waals surface area contributed by atoms with Crippen LogP contribution in [0.3, 0.4) is 0 Å². The molecular weight excluding hydrogens is 542 g/mol. The summed E-state index contributed by atoms with van der Waals surface area (Å²) in [6.45, 7) is 2.09. The van der Waals surface area contributed by atoms with E-state index in [1.54, 1.807) is 30.3 Å². The number of carbonyl (C=O) groups excluding carboxylic acids is 2. The first-order valence-electron chi connectivity index (χ1n) is 12.8. The van der Waals surface area contributed by atoms with Crippen molar-refractivity contribution in [2.75, 3.05) is 34.5 Å². The third kappa shape index (κ3) is 6.88. The number of carbonyl (C=O) groups is 3. The molecule has 2 heterocycles. The molecule has 6 unspecified atom stereocenters. The molecule has 0 bridgehead atoms. The van der Waals surface area contributed by atoms with Crippen LogP contribution >= 0.6 is 0 Å². The smallest absolute Gasteiger partial charge is 0.329 e. The highest BCUT2D eigenvalue weighted by atomic mass is 16.8. The summed E-state index contributed by atoms with van der Waals surface area (Å²) in [6.07, 6.45) is -4.69. The Morgan fingerprint density at radius 1 is 0.927 bits per heavy atom. The van der Waals surface area contributed by atoms with Crippen LogP contribution in [0.15, 0.2) is 36.4 Å². The van der Waals surface area contributed by atoms with Crippen LogP contribution in [0.2, 0.25) is 0 Å². The molecular formula is C28H33NO12. The summed E-state index contributed by atoms with van der Waals surface area (Å²) in [7, 11) is 4.45. The fraction of sp³-hybridized carbons (Fsp3) is 0.464. The van der Waals surface area contributed by atoms with E-state index >= 15 is 0 Å². The monoisotopic (exact) mass is 575 g/mol. The predicted molar refractivity (Wildman–Crippen MR) is 140 cm³/mol. The number of benzene rings is 2. The largest absolute Gasteiger partial charge is 0.493 e. The lowest BCUT2D eigenvalue weighted by Crippen LogP contribution is -2.68. The van der Waals surface area contributed by atoms with E-state index in [4.69, 9.17) is 37.9 Å². The van der Waals surface area contributed by atoms with Crippen molar-refractivity contribution in [3.05, 3.63) is 47.5 Å². The van der Waals surface area contributed by atoms with Gasteiger partial charge in [-0.15, -0.1) is 0 Å². The molecule has 2 aromatic carbocycles. The fourth-order valence-electron chi connectivity index (χ4n) is 4.70. The lowest BCUT2D eigenvalue weighted by molar-refractivity contribution is -0.337. The van der Waals surface area contributed by atoms with Gasteiger partial charge in [-0.25, -0.2) is 4.79 Å². The van der Waals surface area contributed by atoms with Gasteiger partial charge in [0.2, 0.25) is 12.2 Å². The summed E-state index contributed by atoms with van der Waals surface area (Å²) >= 11 is 0. The van der Waals surface area contributed by atoms with Gasteiger partial charge < -0.3 is 48.3 Å². The topological polar surface area (TPSA) is 157 Å². The third-order valence-electron chi connectivity index (χ3n) is 6.60. The van der Waals surface area contributed by atoms with Crippen LogP contribution in [0.5, 0.6) is 23.0 Å². The maximum Gasteiger partial charge on any atom is 0.329 e. The zero-order valence-corrected chi connectivity index (χ0v) is 23.3. The Morgan fingerprint density at radius 3 is 2.24 bits per heavy atom. The number of rotatable bonds is 11. The van der Waals surface area contributed by atoms with Crippen molar-refractivity contribution in [3.8, 4) is 23.0 Å². The van der Waals surface area contributed by atoms with Gasteiger partial charge in [0.05, 0.1) is 27.9 Å². The molecule has 0 radical (unpaired) electrons. The van der Waals surface area contributed by atoms with E-state index in [1.807, 2.05) is 0 Å². The van der Waals surface area contributed by atoms with Gasteiger partial charge in [0.25, 0.3) is 0 Å². The second kappa shape index (κ2) is 13.2. The molecule has 0 saturated carbocycles. The molecule has 2 fully saturated rings. The summed E-state index contributed by atoms with van der Waals surface area (Å²) in [5, 5.41) is 12.1. The second-order valence-corrected chi connectivity index (χ2v) is 9.36. The van der Waals surface area contributed by atoms with Gasteiger partial charge in [0.15, 0.2) is 35.1 Å². The molecule has 2 N–H and O–H groups in total. The van der Waals surface area contributed by atoms with Crippen molar-refractivity contribution in [1.82, 2.24) is 5.32 Å². The SMILES string of the molecule is COc1ccc(C2OCC3OC(Oc4ccc(C(C)=O)cc4OC)C(NC(C)=O)C(OCC(=O)O)C3O2)cc1OC.